The van der Waals surface area contributed by atoms with Crippen LogP contribution in [-0.2, 0) is 6.42 Å². The van der Waals surface area contributed by atoms with E-state index in [4.69, 9.17) is 9.47 Å². The first-order valence-electron chi connectivity index (χ1n) is 12.2. The van der Waals surface area contributed by atoms with Crippen LogP contribution in [0.2, 0.25) is 0 Å². The van der Waals surface area contributed by atoms with Crippen molar-refractivity contribution in [2.24, 2.45) is 0 Å². The second-order valence-corrected chi connectivity index (χ2v) is 8.79. The molecule has 5 heteroatoms. The predicted molar refractivity (Wildman–Crippen MR) is 137 cm³/mol. The highest BCUT2D eigenvalue weighted by molar-refractivity contribution is 5.89. The largest absolute Gasteiger partial charge is 0.493 e. The Morgan fingerprint density at radius 2 is 1.71 bits per heavy atom. The highest BCUT2D eigenvalue weighted by Gasteiger charge is 2.22. The fraction of sp³-hybridized carbons (Fsp3) is 0.345. The fourth-order valence-electron chi connectivity index (χ4n) is 4.63. The van der Waals surface area contributed by atoms with Crippen molar-refractivity contribution >= 4 is 11.7 Å². The van der Waals surface area contributed by atoms with Gasteiger partial charge in [-0.25, -0.2) is 4.79 Å². The minimum absolute atomic E-state index is 0.0928. The molecule has 2 amide bonds. The van der Waals surface area contributed by atoms with Crippen molar-refractivity contribution in [3.8, 4) is 11.5 Å². The lowest BCUT2D eigenvalue weighted by atomic mass is 9.85. The van der Waals surface area contributed by atoms with Crippen LogP contribution in [0.3, 0.4) is 0 Å². The van der Waals surface area contributed by atoms with Crippen molar-refractivity contribution in [3.05, 3.63) is 89.5 Å². The van der Waals surface area contributed by atoms with Crippen LogP contribution in [-0.4, -0.2) is 25.8 Å². The van der Waals surface area contributed by atoms with Gasteiger partial charge in [-0.15, -0.1) is 0 Å². The Morgan fingerprint density at radius 1 is 0.941 bits per heavy atom. The molecule has 1 aliphatic rings. The molecule has 0 aromatic heterocycles. The number of urea groups is 1. The Bertz CT molecular complexity index is 1080. The van der Waals surface area contributed by atoms with E-state index < -0.39 is 0 Å². The summed E-state index contributed by atoms with van der Waals surface area (Å²) in [6.45, 7) is 2.48. The number of anilines is 1. The molecule has 0 unspecified atom stereocenters. The summed E-state index contributed by atoms with van der Waals surface area (Å²) in [6, 6.07) is 24.7. The number of amides is 2. The first-order chi connectivity index (χ1) is 16.7. The van der Waals surface area contributed by atoms with Gasteiger partial charge in [-0.3, -0.25) is 0 Å². The smallest absolute Gasteiger partial charge is 0.319 e. The van der Waals surface area contributed by atoms with E-state index in [2.05, 4.69) is 59.2 Å². The van der Waals surface area contributed by atoms with E-state index in [1.807, 2.05) is 31.2 Å². The zero-order valence-electron chi connectivity index (χ0n) is 20.1. The Morgan fingerprint density at radius 3 is 2.44 bits per heavy atom. The van der Waals surface area contributed by atoms with Gasteiger partial charge in [-0.1, -0.05) is 48.5 Å². The van der Waals surface area contributed by atoms with Crippen LogP contribution in [0.15, 0.2) is 72.8 Å². The molecule has 1 atom stereocenters. The molecule has 3 aromatic carbocycles. The second-order valence-electron chi connectivity index (χ2n) is 8.79. The van der Waals surface area contributed by atoms with Crippen LogP contribution in [0.4, 0.5) is 10.5 Å². The third-order valence-corrected chi connectivity index (χ3v) is 6.35. The quantitative estimate of drug-likeness (QED) is 0.383. The lowest BCUT2D eigenvalue weighted by Gasteiger charge is -2.22. The Kier molecular flexibility index (Phi) is 8.08. The Labute approximate surface area is 202 Å². The van der Waals surface area contributed by atoms with Gasteiger partial charge in [0, 0.05) is 18.2 Å². The maximum atomic E-state index is 12.1. The van der Waals surface area contributed by atoms with E-state index >= 15 is 0 Å². The topological polar surface area (TPSA) is 59.6 Å². The van der Waals surface area contributed by atoms with E-state index in [0.717, 1.165) is 47.6 Å². The van der Waals surface area contributed by atoms with Gasteiger partial charge >= 0.3 is 6.03 Å². The second kappa shape index (κ2) is 11.6. The molecule has 0 saturated heterocycles. The average Bonchev–Trinajstić information content (AvgIpc) is 3.36. The van der Waals surface area contributed by atoms with Crippen molar-refractivity contribution in [2.75, 3.05) is 19.0 Å². The van der Waals surface area contributed by atoms with Gasteiger partial charge in [0.1, 0.15) is 0 Å². The van der Waals surface area contributed by atoms with Crippen LogP contribution >= 0.6 is 0 Å². The normalized spacial score (nSPS) is 14.4. The maximum Gasteiger partial charge on any atom is 0.319 e. The van der Waals surface area contributed by atoms with Crippen molar-refractivity contribution in [2.45, 2.75) is 51.0 Å². The van der Waals surface area contributed by atoms with Gasteiger partial charge in [0.05, 0.1) is 13.2 Å². The van der Waals surface area contributed by atoms with Crippen LogP contribution < -0.4 is 20.1 Å². The third-order valence-electron chi connectivity index (χ3n) is 6.35. The molecule has 1 aliphatic carbocycles. The molecule has 4 rings (SSSR count). The molecule has 2 N–H and O–H groups in total. The molecule has 5 nitrogen and oxygen atoms in total. The van der Waals surface area contributed by atoms with Gasteiger partial charge in [0.2, 0.25) is 0 Å². The third kappa shape index (κ3) is 6.10. The van der Waals surface area contributed by atoms with Gasteiger partial charge in [0.15, 0.2) is 11.5 Å². The summed E-state index contributed by atoms with van der Waals surface area (Å²) in [6.07, 6.45) is 5.70. The average molecular weight is 459 g/mol. The molecule has 1 fully saturated rings. The number of nitrogens with one attached hydrogen (secondary N) is 2. The molecule has 0 radical (unpaired) electrons. The first kappa shape index (κ1) is 23.7. The minimum atomic E-state index is -0.198. The van der Waals surface area contributed by atoms with Crippen molar-refractivity contribution in [1.82, 2.24) is 5.32 Å². The molecule has 0 heterocycles. The molecule has 3 aromatic rings. The molecule has 0 spiro atoms. The van der Waals surface area contributed by atoms with E-state index in [-0.39, 0.29) is 18.1 Å². The summed E-state index contributed by atoms with van der Waals surface area (Å²) in [7, 11) is 1.69. The summed E-state index contributed by atoms with van der Waals surface area (Å²) in [5.74, 6) is 1.66. The molecular formula is C29H34N2O3. The molecule has 0 aliphatic heterocycles. The zero-order valence-corrected chi connectivity index (χ0v) is 20.1. The van der Waals surface area contributed by atoms with Gasteiger partial charge in [-0.05, 0) is 80.0 Å². The predicted octanol–water partition coefficient (Wildman–Crippen LogP) is 6.53. The number of carbonyl (C=O) groups is 1. The van der Waals surface area contributed by atoms with Crippen molar-refractivity contribution in [1.29, 1.82) is 0 Å². The lowest BCUT2D eigenvalue weighted by Crippen LogP contribution is -2.28. The summed E-state index contributed by atoms with van der Waals surface area (Å²) < 4.78 is 12.0. The highest BCUT2D eigenvalue weighted by atomic mass is 16.5. The van der Waals surface area contributed by atoms with Gasteiger partial charge < -0.3 is 20.1 Å². The number of hydrogen-bond acceptors (Lipinski definition) is 3. The summed E-state index contributed by atoms with van der Waals surface area (Å²) in [5, 5.41) is 5.72. The summed E-state index contributed by atoms with van der Waals surface area (Å²) in [4.78, 5) is 12.1. The summed E-state index contributed by atoms with van der Waals surface area (Å²) in [5.41, 5.74) is 4.32. The zero-order chi connectivity index (χ0) is 23.8. The van der Waals surface area contributed by atoms with Gasteiger partial charge in [0.25, 0.3) is 0 Å². The SMILES string of the molecule is CCNC(=O)Nc1cccc([C@@H](Cc2ccccc2)c2ccc(OC)c(OC3CCCC3)c2)c1. The van der Waals surface area contributed by atoms with Crippen LogP contribution in [0.1, 0.15) is 55.2 Å². The number of rotatable bonds is 9. The molecule has 0 bridgehead atoms. The number of carbonyl (C=O) groups excluding carboxylic acids is 1. The van der Waals surface area contributed by atoms with Crippen LogP contribution in [0.25, 0.3) is 0 Å². The highest BCUT2D eigenvalue weighted by Crippen LogP contribution is 2.37. The van der Waals surface area contributed by atoms with E-state index in [1.165, 1.54) is 18.4 Å². The monoisotopic (exact) mass is 458 g/mol. The minimum Gasteiger partial charge on any atom is -0.493 e. The van der Waals surface area contributed by atoms with E-state index in [1.54, 1.807) is 7.11 Å². The number of hydrogen-bond donors (Lipinski definition) is 2. The van der Waals surface area contributed by atoms with Crippen molar-refractivity contribution < 1.29 is 14.3 Å². The van der Waals surface area contributed by atoms with Crippen molar-refractivity contribution in [3.63, 3.8) is 0 Å². The lowest BCUT2D eigenvalue weighted by molar-refractivity contribution is 0.200. The Hall–Kier alpha value is -3.47. The Balaban J connectivity index is 1.68. The van der Waals surface area contributed by atoms with Crippen LogP contribution in [0, 0.1) is 0 Å². The molecule has 178 valence electrons. The standard InChI is InChI=1S/C29H34N2O3/c1-3-30-29(32)31-24-13-9-12-22(19-24)26(18-21-10-5-4-6-11-21)23-16-17-27(33-2)28(20-23)34-25-14-7-8-15-25/h4-6,9-13,16-17,19-20,25-26H,3,7-8,14-15,18H2,1-2H3,(H2,30,31,32)/t26-/m1/s1. The molecule has 34 heavy (non-hydrogen) atoms. The maximum absolute atomic E-state index is 12.1. The summed E-state index contributed by atoms with van der Waals surface area (Å²) >= 11 is 0. The number of benzene rings is 3. The molecule has 1 saturated carbocycles. The van der Waals surface area contributed by atoms with Gasteiger partial charge in [-0.2, -0.15) is 0 Å². The molecular weight excluding hydrogens is 424 g/mol. The number of ether oxygens (including phenoxy) is 2. The van der Waals surface area contributed by atoms with Crippen LogP contribution in [0.5, 0.6) is 11.5 Å². The fourth-order valence-corrected chi connectivity index (χ4v) is 4.63. The number of methoxy groups -OCH3 is 1. The van der Waals surface area contributed by atoms with E-state index in [9.17, 15) is 4.79 Å². The van der Waals surface area contributed by atoms with E-state index in [0.29, 0.717) is 6.54 Å². The first-order valence-corrected chi connectivity index (χ1v) is 12.2.